The normalized spacial score (nSPS) is 24.3. The number of Topliss-reactive ketones (excluding diaryl/α,β-unsaturated/α-hetero) is 1. The van der Waals surface area contributed by atoms with E-state index in [2.05, 4.69) is 60.4 Å². The number of unbranched alkanes of at least 4 members (excludes halogenated alkanes) is 5. The summed E-state index contributed by atoms with van der Waals surface area (Å²) in [5, 5.41) is 56.9. The van der Waals surface area contributed by atoms with Gasteiger partial charge < -0.3 is 88.5 Å². The molecule has 0 aliphatic carbocycles. The number of aryl methyl sites for hydroxylation is 1. The van der Waals surface area contributed by atoms with Gasteiger partial charge in [0.2, 0.25) is 35.4 Å². The van der Waals surface area contributed by atoms with Crippen LogP contribution in [-0.2, 0) is 35.2 Å². The van der Waals surface area contributed by atoms with E-state index in [1.165, 1.54) is 57.7 Å². The summed E-state index contributed by atoms with van der Waals surface area (Å²) in [5.74, 6) is -6.42. The van der Waals surface area contributed by atoms with Gasteiger partial charge in [-0.3, -0.25) is 38.4 Å². The van der Waals surface area contributed by atoms with Crippen LogP contribution in [0.4, 0.5) is 11.4 Å². The lowest BCUT2D eigenvalue weighted by molar-refractivity contribution is -0.145. The minimum Gasteiger partial charge on any atom is -0.507 e. The smallest absolute Gasteiger partial charge is 0.251 e. The van der Waals surface area contributed by atoms with Crippen molar-refractivity contribution < 1.29 is 63.5 Å². The van der Waals surface area contributed by atoms with E-state index in [0.29, 0.717) is 25.3 Å². The molecule has 3 aromatic carbocycles. The molecule has 0 unspecified atom stereocenters. The van der Waals surface area contributed by atoms with Crippen LogP contribution < -0.4 is 58.3 Å². The quantitative estimate of drug-likeness (QED) is 0.0298. The first kappa shape index (κ1) is 66.5. The van der Waals surface area contributed by atoms with Crippen LogP contribution in [0.15, 0.2) is 71.7 Å². The Morgan fingerprint density at radius 2 is 1.32 bits per heavy atom. The number of nitrogens with two attached hydrogens (primary N) is 3. The lowest BCUT2D eigenvalue weighted by atomic mass is 9.99. The van der Waals surface area contributed by atoms with Gasteiger partial charge in [-0.1, -0.05) is 45.1 Å². The molecule has 3 aromatic rings. The number of rotatable bonds is 20. The van der Waals surface area contributed by atoms with E-state index < -0.39 is 121 Å². The van der Waals surface area contributed by atoms with Crippen molar-refractivity contribution in [3.05, 3.63) is 83.4 Å². The molecule has 26 nitrogen and oxygen atoms in total. The molecule has 7 amide bonds. The number of fused-ring (bicyclic) bond motifs is 2. The van der Waals surface area contributed by atoms with Crippen molar-refractivity contribution in [2.75, 3.05) is 68.8 Å². The first-order valence-electron chi connectivity index (χ1n) is 30.3. The summed E-state index contributed by atoms with van der Waals surface area (Å²) in [7, 11) is 0. The van der Waals surface area contributed by atoms with Crippen LogP contribution >= 0.6 is 0 Å². The molecule has 0 bridgehead atoms. The number of piperazine rings is 1. The number of aliphatic hydroxyl groups excluding tert-OH is 3. The molecule has 4 saturated heterocycles. The fourth-order valence-corrected chi connectivity index (χ4v) is 11.5. The van der Waals surface area contributed by atoms with Crippen molar-refractivity contribution in [2.45, 2.75) is 158 Å². The summed E-state index contributed by atoms with van der Waals surface area (Å²) in [6, 6.07) is 9.27. The Morgan fingerprint density at radius 1 is 0.736 bits per heavy atom. The van der Waals surface area contributed by atoms with Gasteiger partial charge in [0, 0.05) is 75.6 Å². The number of anilines is 2. The van der Waals surface area contributed by atoms with E-state index in [1.807, 2.05) is 24.3 Å². The molecule has 4 aliphatic heterocycles. The maximum atomic E-state index is 14.6. The Bertz CT molecular complexity index is 2900. The minimum atomic E-state index is -1.73. The summed E-state index contributed by atoms with van der Waals surface area (Å²) in [5.41, 5.74) is 19.5. The molecule has 4 fully saturated rings. The average Bonchev–Trinajstić information content (AvgIpc) is 2.99. The second-order valence-corrected chi connectivity index (χ2v) is 23.0. The lowest BCUT2D eigenvalue weighted by Crippen LogP contribution is -2.61. The van der Waals surface area contributed by atoms with Crippen LogP contribution in [0.1, 0.15) is 118 Å². The Kier molecular flexibility index (Phi) is 24.1. The number of amides is 7. The summed E-state index contributed by atoms with van der Waals surface area (Å²) < 4.78 is 5.99. The molecule has 4 heterocycles. The number of guanidine groups is 1. The standard InChI is InChI=1S/C61H87N13O13/c1-4-5-6-7-8-9-29-87-44-20-18-42(19-21-44)72-27-25-71(26-28-72)41-16-14-39(15-17-41)54(80)67-46-11-10-24-65-57(83)48-31-40(66-61(63)64)34-73(48)59(85)52(36(2)75)70-56(82)47(22-12-38-13-23-50(78)45(30-38)51(79)33-62)68-58(84)49-32-43(77)35-74(49)60(86)53(37(3)76)69-55(46)81/h13-21,23,30,36-37,40,43,46-49,52-53,75-78H,4-12,22,24-29,31-35,62H2,1-3H3,(H,65,83)(H,67,80)(H,68,84)(H,69,81)(H,70,82)(H4,63,64,66)/t36-,37-,40+,43-,46+,47+,48+,49+,52+,53+/m1/s1. The summed E-state index contributed by atoms with van der Waals surface area (Å²) in [6.45, 7) is 7.14. The molecule has 87 heavy (non-hydrogen) atoms. The van der Waals surface area contributed by atoms with Gasteiger partial charge in [-0.2, -0.15) is 0 Å². The van der Waals surface area contributed by atoms with E-state index in [4.69, 9.17) is 21.9 Å². The molecular formula is C61H87N13O13. The number of phenols is 1. The second kappa shape index (κ2) is 31.5. The Hall–Kier alpha value is -8.07. The third kappa shape index (κ3) is 18.0. The van der Waals surface area contributed by atoms with Crippen LogP contribution in [-0.4, -0.2) is 203 Å². The number of ether oxygens (including phenoxy) is 1. The van der Waals surface area contributed by atoms with Crippen LogP contribution in [0.25, 0.3) is 0 Å². The Morgan fingerprint density at radius 3 is 1.93 bits per heavy atom. The molecule has 0 radical (unpaired) electrons. The van der Waals surface area contributed by atoms with Crippen molar-refractivity contribution >= 4 is 64.5 Å². The fourth-order valence-electron chi connectivity index (χ4n) is 11.5. The number of carbonyl (C=O) groups is 8. The first-order chi connectivity index (χ1) is 41.6. The number of hydrogen-bond acceptors (Lipinski definition) is 17. The van der Waals surface area contributed by atoms with Crippen LogP contribution in [0.5, 0.6) is 11.5 Å². The number of ketones is 1. The summed E-state index contributed by atoms with van der Waals surface area (Å²) in [4.78, 5) is 124. The predicted molar refractivity (Wildman–Crippen MR) is 324 cm³/mol. The molecule has 4 aliphatic rings. The van der Waals surface area contributed by atoms with Crippen molar-refractivity contribution in [1.29, 1.82) is 0 Å². The van der Waals surface area contributed by atoms with E-state index in [9.17, 15) is 58.8 Å². The lowest BCUT2D eigenvalue weighted by Gasteiger charge is -2.37. The monoisotopic (exact) mass is 1210 g/mol. The first-order valence-corrected chi connectivity index (χ1v) is 30.3. The van der Waals surface area contributed by atoms with Gasteiger partial charge in [0.05, 0.1) is 43.1 Å². The van der Waals surface area contributed by atoms with E-state index in [-0.39, 0.29) is 74.5 Å². The van der Waals surface area contributed by atoms with Gasteiger partial charge in [-0.25, -0.2) is 4.99 Å². The average molecular weight is 1210 g/mol. The van der Waals surface area contributed by atoms with Crippen molar-refractivity contribution in [2.24, 2.45) is 22.2 Å². The van der Waals surface area contributed by atoms with Crippen LogP contribution in [0, 0.1) is 0 Å². The molecule has 15 N–H and O–H groups in total. The van der Waals surface area contributed by atoms with E-state index >= 15 is 0 Å². The Balaban J connectivity index is 1.09. The Labute approximate surface area is 507 Å². The van der Waals surface area contributed by atoms with Crippen LogP contribution in [0.3, 0.4) is 0 Å². The topological polar surface area (TPSA) is 390 Å². The number of benzene rings is 3. The van der Waals surface area contributed by atoms with Crippen molar-refractivity contribution in [3.63, 3.8) is 0 Å². The highest BCUT2D eigenvalue weighted by Crippen LogP contribution is 2.27. The number of nitrogens with zero attached hydrogens (tertiary/aromatic N) is 5. The highest BCUT2D eigenvalue weighted by Gasteiger charge is 2.46. The van der Waals surface area contributed by atoms with Gasteiger partial charge in [0.25, 0.3) is 5.91 Å². The third-order valence-corrected chi connectivity index (χ3v) is 16.4. The number of carbonyl (C=O) groups excluding carboxylic acids is 8. The zero-order valence-electron chi connectivity index (χ0n) is 49.9. The van der Waals surface area contributed by atoms with Crippen molar-refractivity contribution in [3.8, 4) is 11.5 Å². The molecular weight excluding hydrogens is 1120 g/mol. The fraction of sp³-hybridized carbons (Fsp3) is 0.557. The second-order valence-electron chi connectivity index (χ2n) is 23.0. The SMILES string of the molecule is CCCCCCCCOc1ccc(N2CCN(c3ccc(C(=O)N[C@H]4CCCNC(=O)[C@@H]5C[C@H](N=C(N)N)CN5C(=O)[C@H]([C@@H](C)O)NC(=O)[C@H](CCc5ccc(O)c(C(=O)CN)c5)NC(=O)[C@@H]5C[C@@H](O)CN5C(=O)[C@H]([C@@H](C)O)NC4=O)cc3)CC2)cc1. The molecule has 0 aromatic heterocycles. The highest BCUT2D eigenvalue weighted by molar-refractivity contribution is 6.01. The van der Waals surface area contributed by atoms with Crippen LogP contribution in [0.2, 0.25) is 0 Å². The predicted octanol–water partition coefficient (Wildman–Crippen LogP) is -0.339. The number of nitrogens with one attached hydrogen (secondary N) is 5. The van der Waals surface area contributed by atoms with Gasteiger partial charge in [-0.05, 0) is 112 Å². The van der Waals surface area contributed by atoms with Gasteiger partial charge >= 0.3 is 0 Å². The summed E-state index contributed by atoms with van der Waals surface area (Å²) in [6.07, 6.45) is 1.94. The number of hydrogen-bond donors (Lipinski definition) is 12. The molecule has 7 rings (SSSR count). The maximum absolute atomic E-state index is 14.6. The largest absolute Gasteiger partial charge is 0.507 e. The van der Waals surface area contributed by atoms with Crippen molar-refractivity contribution in [1.82, 2.24) is 36.4 Å². The minimum absolute atomic E-state index is 0.0368. The maximum Gasteiger partial charge on any atom is 0.251 e. The zero-order valence-corrected chi connectivity index (χ0v) is 49.9. The molecule has 10 atom stereocenters. The number of aromatic hydroxyl groups is 1. The van der Waals surface area contributed by atoms with E-state index in [0.717, 1.165) is 52.9 Å². The molecule has 0 saturated carbocycles. The molecule has 474 valence electrons. The number of aliphatic imine (C=N–C) groups is 1. The van der Waals surface area contributed by atoms with Gasteiger partial charge in [0.15, 0.2) is 11.7 Å². The van der Waals surface area contributed by atoms with E-state index in [1.54, 1.807) is 12.1 Å². The number of phenolic OH excluding ortho intramolecular Hbond substituents is 1. The molecule has 26 heteroatoms. The van der Waals surface area contributed by atoms with Gasteiger partial charge in [-0.15, -0.1) is 0 Å². The summed E-state index contributed by atoms with van der Waals surface area (Å²) >= 11 is 0. The third-order valence-electron chi connectivity index (χ3n) is 16.4. The zero-order chi connectivity index (χ0) is 62.9. The van der Waals surface area contributed by atoms with Gasteiger partial charge in [0.1, 0.15) is 47.8 Å². The molecule has 0 spiro atoms. The highest BCUT2D eigenvalue weighted by atomic mass is 16.5. The number of aliphatic hydroxyl groups is 3.